The summed E-state index contributed by atoms with van der Waals surface area (Å²) in [7, 11) is 0. The zero-order valence-electron chi connectivity index (χ0n) is 14.4. The van der Waals surface area contributed by atoms with Crippen molar-refractivity contribution in [3.05, 3.63) is 0 Å². The molecule has 5 N–H and O–H groups in total. The number of alkyl carbamates (subject to hydrolysis) is 1. The molecule has 1 saturated heterocycles. The second-order valence-electron chi connectivity index (χ2n) is 7.36. The van der Waals surface area contributed by atoms with Crippen molar-refractivity contribution in [2.24, 2.45) is 0 Å². The number of halogens is 1. The molecule has 0 aromatic carbocycles. The monoisotopic (exact) mass is 423 g/mol. The van der Waals surface area contributed by atoms with E-state index in [9.17, 15) is 20.1 Å². The summed E-state index contributed by atoms with van der Waals surface area (Å²) < 4.78 is 5.58. The molecular formula is C17H30BrNO6. The highest BCUT2D eigenvalue weighted by Gasteiger charge is 2.43. The first-order valence-electron chi connectivity index (χ1n) is 9.15. The number of carbonyl (C=O) groups excluding carboxylic acids is 1. The first-order chi connectivity index (χ1) is 11.9. The van der Waals surface area contributed by atoms with Crippen LogP contribution in [-0.2, 0) is 4.74 Å². The number of ether oxygens (including phenoxy) is 1. The Bertz CT molecular complexity index is 439. The molecule has 0 spiro atoms. The molecule has 1 amide bonds. The predicted octanol–water partition coefficient (Wildman–Crippen LogP) is 1.20. The molecule has 6 unspecified atom stereocenters. The van der Waals surface area contributed by atoms with E-state index in [4.69, 9.17) is 9.84 Å². The highest BCUT2D eigenvalue weighted by atomic mass is 79.9. The second-order valence-corrected chi connectivity index (χ2v) is 8.53. The molecule has 2 fully saturated rings. The number of hydrogen-bond acceptors (Lipinski definition) is 6. The number of nitrogens with one attached hydrogen (secondary N) is 1. The molecule has 8 heteroatoms. The maximum absolute atomic E-state index is 11.6. The van der Waals surface area contributed by atoms with Crippen molar-refractivity contribution in [2.45, 2.75) is 92.6 Å². The third-order valence-electron chi connectivity index (χ3n) is 5.36. The maximum Gasteiger partial charge on any atom is 0.407 e. The standard InChI is InChI=1S/C17H30BrNO6/c18-12(10-20)14(22)15(23)13(21)6-2-1-3-7-17-8-4-5-11(9-17)19-16(24)25-17/h11-15,20-23H,1-10H2,(H,19,24). The summed E-state index contributed by atoms with van der Waals surface area (Å²) in [6, 6.07) is 0.233. The Morgan fingerprint density at radius 3 is 2.72 bits per heavy atom. The quantitative estimate of drug-likeness (QED) is 0.266. The average molecular weight is 424 g/mol. The van der Waals surface area contributed by atoms with Crippen LogP contribution in [-0.4, -0.2) is 67.9 Å². The number of alkyl halides is 1. The third kappa shape index (κ3) is 5.79. The van der Waals surface area contributed by atoms with E-state index in [1.165, 1.54) is 0 Å². The fourth-order valence-corrected chi connectivity index (χ4v) is 4.22. The van der Waals surface area contributed by atoms with Gasteiger partial charge in [-0.1, -0.05) is 28.8 Å². The van der Waals surface area contributed by atoms with Crippen LogP contribution < -0.4 is 5.32 Å². The Morgan fingerprint density at radius 2 is 2.00 bits per heavy atom. The van der Waals surface area contributed by atoms with Crippen LogP contribution in [0.3, 0.4) is 0 Å². The van der Waals surface area contributed by atoms with Gasteiger partial charge in [0.25, 0.3) is 0 Å². The summed E-state index contributed by atoms with van der Waals surface area (Å²) in [5, 5.41) is 41.4. The number of carbonyl (C=O) groups is 1. The van der Waals surface area contributed by atoms with Gasteiger partial charge in [-0.25, -0.2) is 4.79 Å². The van der Waals surface area contributed by atoms with E-state index in [1.807, 2.05) is 0 Å². The highest BCUT2D eigenvalue weighted by molar-refractivity contribution is 9.09. The molecule has 1 aliphatic carbocycles. The molecule has 146 valence electrons. The van der Waals surface area contributed by atoms with Gasteiger partial charge in [0.05, 0.1) is 23.6 Å². The molecule has 1 aliphatic heterocycles. The van der Waals surface area contributed by atoms with E-state index < -0.39 is 23.1 Å². The van der Waals surface area contributed by atoms with Crippen molar-refractivity contribution < 1.29 is 30.0 Å². The van der Waals surface area contributed by atoms with Crippen molar-refractivity contribution in [3.8, 4) is 0 Å². The van der Waals surface area contributed by atoms with Crippen LogP contribution in [0, 0.1) is 0 Å². The number of fused-ring (bicyclic) bond motifs is 2. The van der Waals surface area contributed by atoms with Crippen LogP contribution in [0.5, 0.6) is 0 Å². The van der Waals surface area contributed by atoms with Crippen molar-refractivity contribution >= 4 is 22.0 Å². The lowest BCUT2D eigenvalue weighted by Crippen LogP contribution is -2.55. The summed E-state index contributed by atoms with van der Waals surface area (Å²) in [4.78, 5) is 11.0. The van der Waals surface area contributed by atoms with E-state index in [1.54, 1.807) is 0 Å². The Kier molecular flexibility index (Phi) is 7.94. The van der Waals surface area contributed by atoms with Crippen LogP contribution in [0.15, 0.2) is 0 Å². The SMILES string of the molecule is O=C1NC2CCCC(CCCCCC(O)C(O)C(O)C(Br)CO)(C2)O1. The molecule has 2 bridgehead atoms. The van der Waals surface area contributed by atoms with Crippen molar-refractivity contribution in [2.75, 3.05) is 6.61 Å². The van der Waals surface area contributed by atoms with E-state index in [0.717, 1.165) is 44.9 Å². The number of hydrogen-bond donors (Lipinski definition) is 5. The highest BCUT2D eigenvalue weighted by Crippen LogP contribution is 2.38. The largest absolute Gasteiger partial charge is 0.443 e. The van der Waals surface area contributed by atoms with Gasteiger partial charge >= 0.3 is 6.09 Å². The first-order valence-corrected chi connectivity index (χ1v) is 10.1. The van der Waals surface area contributed by atoms with Crippen molar-refractivity contribution in [1.29, 1.82) is 0 Å². The van der Waals surface area contributed by atoms with E-state index in [2.05, 4.69) is 21.2 Å². The van der Waals surface area contributed by atoms with Gasteiger partial charge in [0.1, 0.15) is 11.7 Å². The van der Waals surface area contributed by atoms with E-state index in [0.29, 0.717) is 12.8 Å². The molecular weight excluding hydrogens is 394 g/mol. The van der Waals surface area contributed by atoms with Gasteiger partial charge in [0.15, 0.2) is 0 Å². The molecule has 0 radical (unpaired) electrons. The van der Waals surface area contributed by atoms with Gasteiger partial charge in [0, 0.05) is 12.5 Å². The molecule has 1 saturated carbocycles. The number of aliphatic hydroxyl groups excluding tert-OH is 4. The topological polar surface area (TPSA) is 119 Å². The smallest absolute Gasteiger partial charge is 0.407 e. The molecule has 7 nitrogen and oxygen atoms in total. The molecule has 2 aliphatic rings. The summed E-state index contributed by atoms with van der Waals surface area (Å²) in [6.45, 7) is -0.318. The predicted molar refractivity (Wildman–Crippen MR) is 95.5 cm³/mol. The van der Waals surface area contributed by atoms with Gasteiger partial charge in [-0.05, 0) is 38.5 Å². The van der Waals surface area contributed by atoms with Gasteiger partial charge in [-0.15, -0.1) is 0 Å². The fourth-order valence-electron chi connectivity index (χ4n) is 3.91. The maximum atomic E-state index is 11.6. The second kappa shape index (κ2) is 9.50. The lowest BCUT2D eigenvalue weighted by molar-refractivity contribution is -0.0660. The lowest BCUT2D eigenvalue weighted by Gasteiger charge is -2.44. The van der Waals surface area contributed by atoms with Crippen LogP contribution in [0.2, 0.25) is 0 Å². The number of unbranched alkanes of at least 4 members (excludes halogenated alkanes) is 2. The zero-order chi connectivity index (χ0) is 18.4. The molecule has 0 aromatic rings. The Labute approximate surface area is 156 Å². The minimum absolute atomic E-state index is 0.233. The van der Waals surface area contributed by atoms with Gasteiger partial charge in [0.2, 0.25) is 0 Å². The van der Waals surface area contributed by atoms with Crippen molar-refractivity contribution in [1.82, 2.24) is 5.32 Å². The molecule has 6 atom stereocenters. The van der Waals surface area contributed by atoms with E-state index in [-0.39, 0.29) is 24.3 Å². The normalized spacial score (nSPS) is 30.8. The number of aliphatic hydroxyl groups is 4. The summed E-state index contributed by atoms with van der Waals surface area (Å²) >= 11 is 3.06. The Morgan fingerprint density at radius 1 is 1.24 bits per heavy atom. The molecule has 25 heavy (non-hydrogen) atoms. The molecule has 0 aromatic heterocycles. The van der Waals surface area contributed by atoms with Crippen LogP contribution >= 0.6 is 15.9 Å². The van der Waals surface area contributed by atoms with Crippen molar-refractivity contribution in [3.63, 3.8) is 0 Å². The fraction of sp³-hybridized carbons (Fsp3) is 0.941. The minimum Gasteiger partial charge on any atom is -0.443 e. The summed E-state index contributed by atoms with van der Waals surface area (Å²) in [5.41, 5.74) is -0.329. The first kappa shape index (κ1) is 20.9. The summed E-state index contributed by atoms with van der Waals surface area (Å²) in [5.74, 6) is 0. The average Bonchev–Trinajstić information content (AvgIpc) is 2.58. The van der Waals surface area contributed by atoms with Gasteiger partial charge < -0.3 is 30.5 Å². The van der Waals surface area contributed by atoms with Crippen LogP contribution in [0.1, 0.15) is 57.8 Å². The third-order valence-corrected chi connectivity index (χ3v) is 6.19. The van der Waals surface area contributed by atoms with E-state index >= 15 is 0 Å². The number of amides is 1. The zero-order valence-corrected chi connectivity index (χ0v) is 16.0. The van der Waals surface area contributed by atoms with Crippen LogP contribution in [0.25, 0.3) is 0 Å². The lowest BCUT2D eigenvalue weighted by atomic mass is 9.77. The van der Waals surface area contributed by atoms with Gasteiger partial charge in [-0.2, -0.15) is 0 Å². The Hall–Kier alpha value is -0.410. The summed E-state index contributed by atoms with van der Waals surface area (Å²) in [6.07, 6.45) is 3.68. The number of rotatable bonds is 10. The molecule has 2 rings (SSSR count). The Balaban J connectivity index is 1.66. The minimum atomic E-state index is -1.29. The van der Waals surface area contributed by atoms with Crippen LogP contribution in [0.4, 0.5) is 4.79 Å². The van der Waals surface area contributed by atoms with Gasteiger partial charge in [-0.3, -0.25) is 0 Å². The molecule has 1 heterocycles.